The number of imide groups is 1. The van der Waals surface area contributed by atoms with Crippen LogP contribution >= 0.6 is 0 Å². The summed E-state index contributed by atoms with van der Waals surface area (Å²) < 4.78 is 5.01. The Bertz CT molecular complexity index is 399. The van der Waals surface area contributed by atoms with Gasteiger partial charge in [0.15, 0.2) is 0 Å². The number of ether oxygens (including phenoxy) is 1. The van der Waals surface area contributed by atoms with Crippen molar-refractivity contribution >= 4 is 17.8 Å². The van der Waals surface area contributed by atoms with Crippen molar-refractivity contribution in [2.24, 2.45) is 0 Å². The second-order valence-electron chi connectivity index (χ2n) is 5.56. The molecule has 22 heavy (non-hydrogen) atoms. The molecule has 1 aliphatic rings. The molecule has 2 amide bonds. The van der Waals surface area contributed by atoms with Crippen molar-refractivity contribution in [3.05, 3.63) is 12.2 Å². The van der Waals surface area contributed by atoms with E-state index < -0.39 is 23.8 Å². The fourth-order valence-electron chi connectivity index (χ4n) is 2.60. The Hall–Kier alpha value is -1.65. The van der Waals surface area contributed by atoms with E-state index in [4.69, 9.17) is 4.74 Å². The zero-order chi connectivity index (χ0) is 16.4. The minimum Gasteiger partial charge on any atom is -0.464 e. The standard InChI is InChI=1S/C17H27NO4/c1-3-5-6-7-8-9-10-11-14(17(21)22-4-2)18-15(19)12-13-16(18)20/h12-14H,3-11H2,1-2H3. The molecule has 0 fully saturated rings. The number of rotatable bonds is 11. The summed E-state index contributed by atoms with van der Waals surface area (Å²) in [5.41, 5.74) is 0. The van der Waals surface area contributed by atoms with E-state index >= 15 is 0 Å². The van der Waals surface area contributed by atoms with Crippen LogP contribution in [0.1, 0.15) is 65.2 Å². The molecular formula is C17H27NO4. The van der Waals surface area contributed by atoms with Gasteiger partial charge in [0.1, 0.15) is 6.04 Å². The highest BCUT2D eigenvalue weighted by Gasteiger charge is 2.36. The second kappa shape index (κ2) is 10.1. The average molecular weight is 309 g/mol. The normalized spacial score (nSPS) is 15.5. The Balaban J connectivity index is 2.44. The molecule has 0 aromatic rings. The molecule has 1 aliphatic heterocycles. The molecule has 1 atom stereocenters. The summed E-state index contributed by atoms with van der Waals surface area (Å²) in [5.74, 6) is -1.34. The van der Waals surface area contributed by atoms with Crippen molar-refractivity contribution in [2.45, 2.75) is 71.3 Å². The van der Waals surface area contributed by atoms with Crippen molar-refractivity contribution in [2.75, 3.05) is 6.61 Å². The van der Waals surface area contributed by atoms with Crippen LogP contribution in [-0.2, 0) is 19.1 Å². The third kappa shape index (κ3) is 5.62. The Kier molecular flexibility index (Phi) is 8.48. The summed E-state index contributed by atoms with van der Waals surface area (Å²) in [6.45, 7) is 4.15. The van der Waals surface area contributed by atoms with Gasteiger partial charge in [-0.2, -0.15) is 0 Å². The van der Waals surface area contributed by atoms with Crippen LogP contribution in [0.4, 0.5) is 0 Å². The molecule has 0 radical (unpaired) electrons. The topological polar surface area (TPSA) is 63.7 Å². The molecule has 0 aromatic heterocycles. The lowest BCUT2D eigenvalue weighted by molar-refractivity contribution is -0.157. The maximum atomic E-state index is 12.0. The maximum Gasteiger partial charge on any atom is 0.329 e. The Morgan fingerprint density at radius 2 is 1.55 bits per heavy atom. The molecule has 0 spiro atoms. The third-order valence-electron chi connectivity index (χ3n) is 3.79. The molecule has 1 unspecified atom stereocenters. The van der Waals surface area contributed by atoms with Gasteiger partial charge < -0.3 is 4.74 Å². The molecule has 0 saturated heterocycles. The smallest absolute Gasteiger partial charge is 0.329 e. The van der Waals surface area contributed by atoms with Gasteiger partial charge in [-0.1, -0.05) is 51.9 Å². The number of amides is 2. The minimum absolute atomic E-state index is 0.246. The summed E-state index contributed by atoms with van der Waals surface area (Å²) in [6, 6.07) is -0.786. The Labute approximate surface area is 132 Å². The fourth-order valence-corrected chi connectivity index (χ4v) is 2.60. The zero-order valence-corrected chi connectivity index (χ0v) is 13.7. The van der Waals surface area contributed by atoms with Crippen LogP contribution < -0.4 is 0 Å². The van der Waals surface area contributed by atoms with E-state index in [1.807, 2.05) is 0 Å². The SMILES string of the molecule is CCCCCCCCCC(C(=O)OCC)N1C(=O)C=CC1=O. The molecule has 0 bridgehead atoms. The van der Waals surface area contributed by atoms with Crippen LogP contribution in [0.25, 0.3) is 0 Å². The molecule has 0 aliphatic carbocycles. The Morgan fingerprint density at radius 1 is 1.00 bits per heavy atom. The van der Waals surface area contributed by atoms with Gasteiger partial charge in [-0.05, 0) is 13.3 Å². The molecule has 0 saturated carbocycles. The summed E-state index contributed by atoms with van der Waals surface area (Å²) in [4.78, 5) is 36.6. The first kappa shape index (κ1) is 18.4. The van der Waals surface area contributed by atoms with Crippen LogP contribution in [0.3, 0.4) is 0 Å². The number of hydrogen-bond donors (Lipinski definition) is 0. The lowest BCUT2D eigenvalue weighted by atomic mass is 10.0. The van der Waals surface area contributed by atoms with Gasteiger partial charge in [-0.25, -0.2) is 4.79 Å². The summed E-state index contributed by atoms with van der Waals surface area (Å²) in [6.07, 6.45) is 10.7. The van der Waals surface area contributed by atoms with Gasteiger partial charge in [0.05, 0.1) is 6.61 Å². The van der Waals surface area contributed by atoms with E-state index in [9.17, 15) is 14.4 Å². The van der Waals surface area contributed by atoms with Crippen molar-refractivity contribution in [3.8, 4) is 0 Å². The number of unbranched alkanes of at least 4 members (excludes halogenated alkanes) is 6. The average Bonchev–Trinajstić information content (AvgIpc) is 2.82. The van der Waals surface area contributed by atoms with E-state index in [0.29, 0.717) is 6.42 Å². The van der Waals surface area contributed by atoms with Gasteiger partial charge in [0.25, 0.3) is 11.8 Å². The van der Waals surface area contributed by atoms with Gasteiger partial charge in [-0.3, -0.25) is 14.5 Å². The number of hydrogen-bond acceptors (Lipinski definition) is 4. The van der Waals surface area contributed by atoms with Crippen molar-refractivity contribution in [1.82, 2.24) is 4.90 Å². The van der Waals surface area contributed by atoms with Crippen LogP contribution in [0.5, 0.6) is 0 Å². The monoisotopic (exact) mass is 309 g/mol. The van der Waals surface area contributed by atoms with Crippen LogP contribution in [0.15, 0.2) is 12.2 Å². The minimum atomic E-state index is -0.786. The molecule has 1 heterocycles. The first-order valence-corrected chi connectivity index (χ1v) is 8.33. The van der Waals surface area contributed by atoms with Crippen LogP contribution in [0, 0.1) is 0 Å². The summed E-state index contributed by atoms with van der Waals surface area (Å²) in [5, 5.41) is 0. The molecule has 5 heteroatoms. The second-order valence-corrected chi connectivity index (χ2v) is 5.56. The number of carbonyl (C=O) groups is 3. The molecule has 0 aromatic carbocycles. The summed E-state index contributed by atoms with van der Waals surface area (Å²) in [7, 11) is 0. The quantitative estimate of drug-likeness (QED) is 0.334. The molecular weight excluding hydrogens is 282 g/mol. The largest absolute Gasteiger partial charge is 0.464 e. The number of esters is 1. The lowest BCUT2D eigenvalue weighted by Crippen LogP contribution is -2.45. The van der Waals surface area contributed by atoms with E-state index in [-0.39, 0.29) is 6.61 Å². The maximum absolute atomic E-state index is 12.0. The van der Waals surface area contributed by atoms with E-state index in [1.54, 1.807) is 6.92 Å². The highest BCUT2D eigenvalue weighted by molar-refractivity contribution is 6.14. The first-order chi connectivity index (χ1) is 10.6. The van der Waals surface area contributed by atoms with Gasteiger partial charge in [-0.15, -0.1) is 0 Å². The Morgan fingerprint density at radius 3 is 2.09 bits per heavy atom. The van der Waals surface area contributed by atoms with Crippen LogP contribution in [-0.4, -0.2) is 35.3 Å². The highest BCUT2D eigenvalue weighted by Crippen LogP contribution is 2.18. The third-order valence-corrected chi connectivity index (χ3v) is 3.79. The van der Waals surface area contributed by atoms with Gasteiger partial charge >= 0.3 is 5.97 Å². The predicted molar refractivity (Wildman–Crippen MR) is 84.0 cm³/mol. The van der Waals surface area contributed by atoms with E-state index in [1.165, 1.54) is 37.8 Å². The van der Waals surface area contributed by atoms with Crippen LogP contribution in [0.2, 0.25) is 0 Å². The van der Waals surface area contributed by atoms with Crippen molar-refractivity contribution in [3.63, 3.8) is 0 Å². The first-order valence-electron chi connectivity index (χ1n) is 8.33. The van der Waals surface area contributed by atoms with Crippen molar-refractivity contribution in [1.29, 1.82) is 0 Å². The highest BCUT2D eigenvalue weighted by atomic mass is 16.5. The lowest BCUT2D eigenvalue weighted by Gasteiger charge is -2.24. The van der Waals surface area contributed by atoms with Gasteiger partial charge in [0, 0.05) is 12.2 Å². The fraction of sp³-hybridized carbons (Fsp3) is 0.706. The molecule has 1 rings (SSSR count). The van der Waals surface area contributed by atoms with E-state index in [2.05, 4.69) is 6.92 Å². The van der Waals surface area contributed by atoms with Gasteiger partial charge in [0.2, 0.25) is 0 Å². The number of carbonyl (C=O) groups excluding carboxylic acids is 3. The predicted octanol–water partition coefficient (Wildman–Crippen LogP) is 2.98. The van der Waals surface area contributed by atoms with E-state index in [0.717, 1.165) is 24.2 Å². The number of nitrogens with zero attached hydrogens (tertiary/aromatic N) is 1. The molecule has 124 valence electrons. The van der Waals surface area contributed by atoms with Crippen molar-refractivity contribution < 1.29 is 19.1 Å². The molecule has 5 nitrogen and oxygen atoms in total. The molecule has 0 N–H and O–H groups in total. The summed E-state index contributed by atoms with van der Waals surface area (Å²) >= 11 is 0. The zero-order valence-electron chi connectivity index (χ0n) is 13.7.